The zero-order chi connectivity index (χ0) is 24.4. The van der Waals surface area contributed by atoms with Gasteiger partial charge in [0.25, 0.3) is 0 Å². The summed E-state index contributed by atoms with van der Waals surface area (Å²) in [4.78, 5) is 0. The fraction of sp³-hybridized carbons (Fsp3) is 0.111. The van der Waals surface area contributed by atoms with Crippen molar-refractivity contribution in [3.8, 4) is 0 Å². The fourth-order valence-corrected chi connectivity index (χ4v) is 9.16. The maximum Gasteiger partial charge on any atom is 0.430 e. The molecule has 1 atom stereocenters. The van der Waals surface area contributed by atoms with Gasteiger partial charge in [-0.25, -0.2) is 0 Å². The van der Waals surface area contributed by atoms with E-state index in [0.29, 0.717) is 22.0 Å². The molecule has 7 heteroatoms. The van der Waals surface area contributed by atoms with Crippen LogP contribution in [0.5, 0.6) is 0 Å². The lowest BCUT2D eigenvalue weighted by atomic mass is 10.1. The molecule has 0 aliphatic heterocycles. The first-order chi connectivity index (χ1) is 16.1. The van der Waals surface area contributed by atoms with Gasteiger partial charge in [-0.05, 0) is 48.5 Å². The van der Waals surface area contributed by atoms with Crippen LogP contribution in [0.1, 0.15) is 16.8 Å². The van der Waals surface area contributed by atoms with Crippen molar-refractivity contribution >= 4 is 23.2 Å². The van der Waals surface area contributed by atoms with Gasteiger partial charge in [0.05, 0.1) is 5.56 Å². The van der Waals surface area contributed by atoms with Gasteiger partial charge in [-0.1, -0.05) is 66.7 Å². The van der Waals surface area contributed by atoms with Crippen LogP contribution in [0.15, 0.2) is 115 Å². The highest BCUT2D eigenvalue weighted by molar-refractivity contribution is 7.96. The molecule has 34 heavy (non-hydrogen) atoms. The van der Waals surface area contributed by atoms with E-state index in [2.05, 4.69) is 0 Å². The molecule has 0 heterocycles. The second-order valence-electron chi connectivity index (χ2n) is 7.80. The lowest BCUT2D eigenvalue weighted by Crippen LogP contribution is -2.40. The standard InChI is InChI=1S/C27H20F6P/c28-26(29,30)21-12-10-11-20(19-21)25(27(31,32)33)34(22-13-4-1-5-14-22,23-15-6-2-7-16-23)24-17-8-3-9-18-24/h1-19,25H/q+1. The molecule has 0 aromatic heterocycles. The van der Waals surface area contributed by atoms with Crippen molar-refractivity contribution in [3.05, 3.63) is 126 Å². The van der Waals surface area contributed by atoms with Gasteiger partial charge in [0.15, 0.2) is 0 Å². The molecule has 1 unspecified atom stereocenters. The van der Waals surface area contributed by atoms with E-state index in [1.54, 1.807) is 91.0 Å². The number of halogens is 6. The van der Waals surface area contributed by atoms with Crippen molar-refractivity contribution in [1.82, 2.24) is 0 Å². The molecule has 0 fully saturated rings. The summed E-state index contributed by atoms with van der Waals surface area (Å²) in [6, 6.07) is 28.6. The Kier molecular flexibility index (Phi) is 6.55. The van der Waals surface area contributed by atoms with Crippen molar-refractivity contribution in [1.29, 1.82) is 0 Å². The van der Waals surface area contributed by atoms with E-state index in [-0.39, 0.29) is 0 Å². The number of hydrogen-bond donors (Lipinski definition) is 0. The summed E-state index contributed by atoms with van der Waals surface area (Å²) in [5, 5.41) is 1.31. The molecule has 0 aliphatic carbocycles. The number of hydrogen-bond acceptors (Lipinski definition) is 0. The Balaban J connectivity index is 2.16. The highest BCUT2D eigenvalue weighted by Gasteiger charge is 2.64. The van der Waals surface area contributed by atoms with Gasteiger partial charge in [0.1, 0.15) is 23.2 Å². The summed E-state index contributed by atoms with van der Waals surface area (Å²) < 4.78 is 86.0. The average molecular weight is 489 g/mol. The molecule has 4 aromatic rings. The fourth-order valence-electron chi connectivity index (χ4n) is 4.40. The molecule has 4 aromatic carbocycles. The Morgan fingerprint density at radius 3 is 1.26 bits per heavy atom. The number of rotatable bonds is 5. The third-order valence-corrected chi connectivity index (χ3v) is 10.4. The topological polar surface area (TPSA) is 0 Å². The highest BCUT2D eigenvalue weighted by atomic mass is 31.2. The zero-order valence-electron chi connectivity index (χ0n) is 17.8. The third-order valence-electron chi connectivity index (χ3n) is 5.72. The van der Waals surface area contributed by atoms with Crippen molar-refractivity contribution in [2.75, 3.05) is 0 Å². The molecular weight excluding hydrogens is 469 g/mol. The Bertz CT molecular complexity index is 1120. The average Bonchev–Trinajstić information content (AvgIpc) is 2.83. The van der Waals surface area contributed by atoms with Crippen LogP contribution in [0.4, 0.5) is 26.3 Å². The van der Waals surface area contributed by atoms with Crippen LogP contribution in [-0.4, -0.2) is 6.18 Å². The number of benzene rings is 4. The van der Waals surface area contributed by atoms with Crippen LogP contribution >= 0.6 is 7.26 Å². The minimum atomic E-state index is -4.83. The van der Waals surface area contributed by atoms with E-state index < -0.39 is 36.4 Å². The van der Waals surface area contributed by atoms with Gasteiger partial charge in [-0.2, -0.15) is 26.3 Å². The van der Waals surface area contributed by atoms with Crippen LogP contribution in [0.25, 0.3) is 0 Å². The molecule has 0 aliphatic rings. The summed E-state index contributed by atoms with van der Waals surface area (Å²) >= 11 is 0. The minimum absolute atomic E-state index is 0.410. The first kappa shape index (κ1) is 24.0. The minimum Gasteiger partial charge on any atom is -0.166 e. The Morgan fingerprint density at radius 2 is 0.912 bits per heavy atom. The second kappa shape index (κ2) is 9.27. The summed E-state index contributed by atoms with van der Waals surface area (Å²) in [6.07, 6.45) is -9.60. The second-order valence-corrected chi connectivity index (χ2v) is 11.3. The molecule has 0 spiro atoms. The predicted molar refractivity (Wildman–Crippen MR) is 125 cm³/mol. The van der Waals surface area contributed by atoms with Crippen molar-refractivity contribution in [2.45, 2.75) is 18.0 Å². The zero-order valence-corrected chi connectivity index (χ0v) is 18.7. The molecule has 0 saturated carbocycles. The van der Waals surface area contributed by atoms with E-state index in [1.165, 1.54) is 0 Å². The molecule has 0 nitrogen and oxygen atoms in total. The van der Waals surface area contributed by atoms with Crippen LogP contribution < -0.4 is 15.9 Å². The summed E-state index contributed by atoms with van der Waals surface area (Å²) in [6.45, 7) is 0. The summed E-state index contributed by atoms with van der Waals surface area (Å²) in [5.74, 6) is 0. The molecular formula is C27H20F6P+. The summed E-state index contributed by atoms with van der Waals surface area (Å²) in [7, 11) is -3.57. The Hall–Kier alpha value is -3.11. The molecule has 0 saturated heterocycles. The van der Waals surface area contributed by atoms with Gasteiger partial charge in [0.2, 0.25) is 5.66 Å². The first-order valence-corrected chi connectivity index (χ1v) is 12.3. The Labute approximate surface area is 194 Å². The normalized spacial score (nSPS) is 13.5. The smallest absolute Gasteiger partial charge is 0.166 e. The van der Waals surface area contributed by atoms with Crippen molar-refractivity contribution < 1.29 is 26.3 Å². The lowest BCUT2D eigenvalue weighted by molar-refractivity contribution is -0.139. The van der Waals surface area contributed by atoms with E-state index in [4.69, 9.17) is 0 Å². The van der Waals surface area contributed by atoms with Crippen molar-refractivity contribution in [2.24, 2.45) is 0 Å². The highest BCUT2D eigenvalue weighted by Crippen LogP contribution is 2.71. The first-order valence-electron chi connectivity index (χ1n) is 10.4. The van der Waals surface area contributed by atoms with Crippen LogP contribution in [-0.2, 0) is 6.18 Å². The van der Waals surface area contributed by atoms with Crippen molar-refractivity contribution in [3.63, 3.8) is 0 Å². The van der Waals surface area contributed by atoms with E-state index >= 15 is 13.2 Å². The van der Waals surface area contributed by atoms with Gasteiger partial charge < -0.3 is 0 Å². The maximum absolute atomic E-state index is 15.1. The molecule has 0 N–H and O–H groups in total. The van der Waals surface area contributed by atoms with Crippen LogP contribution in [0, 0.1) is 0 Å². The molecule has 0 bridgehead atoms. The van der Waals surface area contributed by atoms with Gasteiger partial charge in [0, 0.05) is 5.56 Å². The predicted octanol–water partition coefficient (Wildman–Crippen LogP) is 7.30. The summed E-state index contributed by atoms with van der Waals surface area (Å²) in [5.41, 5.74) is -3.70. The molecule has 4 rings (SSSR count). The van der Waals surface area contributed by atoms with Gasteiger partial charge in [-0.3, -0.25) is 0 Å². The van der Waals surface area contributed by atoms with Gasteiger partial charge in [-0.15, -0.1) is 0 Å². The SMILES string of the molecule is FC(F)(F)c1cccc(C(C(F)(F)F)[P+](c2ccccc2)(c2ccccc2)c2ccccc2)c1. The van der Waals surface area contributed by atoms with E-state index in [1.807, 2.05) is 0 Å². The van der Waals surface area contributed by atoms with E-state index in [0.717, 1.165) is 18.2 Å². The molecule has 174 valence electrons. The molecule has 0 amide bonds. The number of alkyl halides is 6. The Morgan fingerprint density at radius 1 is 0.500 bits per heavy atom. The lowest BCUT2D eigenvalue weighted by Gasteiger charge is -2.36. The monoisotopic (exact) mass is 489 g/mol. The third kappa shape index (κ3) is 4.47. The van der Waals surface area contributed by atoms with Crippen LogP contribution in [0.2, 0.25) is 0 Å². The largest absolute Gasteiger partial charge is 0.430 e. The quantitative estimate of drug-likeness (QED) is 0.204. The van der Waals surface area contributed by atoms with Gasteiger partial charge >= 0.3 is 12.4 Å². The maximum atomic E-state index is 15.1. The van der Waals surface area contributed by atoms with Crippen LogP contribution in [0.3, 0.4) is 0 Å². The van der Waals surface area contributed by atoms with E-state index in [9.17, 15) is 13.2 Å². The molecule has 0 radical (unpaired) electrons.